The summed E-state index contributed by atoms with van der Waals surface area (Å²) in [7, 11) is 0. The number of carboxylic acid groups (broad SMARTS) is 2. The number of aliphatic imine (C=N–C) groups is 1. The first-order chi connectivity index (χ1) is 18.0. The molecule has 0 bridgehead atoms. The maximum absolute atomic E-state index is 13.2. The largest absolute Gasteiger partial charge is 0.481 e. The van der Waals surface area contributed by atoms with Crippen molar-refractivity contribution in [3.63, 3.8) is 0 Å². The van der Waals surface area contributed by atoms with E-state index >= 15 is 0 Å². The molecule has 0 saturated carbocycles. The van der Waals surface area contributed by atoms with Gasteiger partial charge in [-0.15, -0.1) is 0 Å². The highest BCUT2D eigenvalue weighted by molar-refractivity contribution is 5.95. The van der Waals surface area contributed by atoms with Gasteiger partial charge in [0.25, 0.3) is 0 Å². The second kappa shape index (κ2) is 14.5. The molecular formula is C24H35N7O7. The lowest BCUT2D eigenvalue weighted by Crippen LogP contribution is -2.57. The number of aliphatic carboxylic acids is 2. The number of carbonyl (C=O) groups is 5. The molecule has 3 amide bonds. The monoisotopic (exact) mass is 533 g/mol. The van der Waals surface area contributed by atoms with Crippen molar-refractivity contribution in [1.82, 2.24) is 15.5 Å². The molecule has 0 radical (unpaired) electrons. The van der Waals surface area contributed by atoms with Crippen molar-refractivity contribution in [2.75, 3.05) is 13.1 Å². The van der Waals surface area contributed by atoms with Crippen LogP contribution >= 0.6 is 0 Å². The Balaban J connectivity index is 2.16. The molecule has 0 aromatic heterocycles. The summed E-state index contributed by atoms with van der Waals surface area (Å²) in [5.74, 6) is -4.99. The number of carboxylic acids is 2. The lowest BCUT2D eigenvalue weighted by molar-refractivity contribution is -0.150. The molecule has 0 spiro atoms. The smallest absolute Gasteiger partial charge is 0.326 e. The van der Waals surface area contributed by atoms with Gasteiger partial charge in [-0.05, 0) is 37.7 Å². The van der Waals surface area contributed by atoms with Gasteiger partial charge in [-0.1, -0.05) is 30.3 Å². The summed E-state index contributed by atoms with van der Waals surface area (Å²) in [4.78, 5) is 66.9. The number of nitrogens with two attached hydrogens (primary N) is 3. The maximum Gasteiger partial charge on any atom is 0.326 e. The number of guanidine groups is 1. The first kappa shape index (κ1) is 30.0. The van der Waals surface area contributed by atoms with Crippen molar-refractivity contribution in [3.05, 3.63) is 35.9 Å². The van der Waals surface area contributed by atoms with Crippen LogP contribution in [-0.4, -0.2) is 88.0 Å². The van der Waals surface area contributed by atoms with E-state index in [1.54, 1.807) is 24.3 Å². The molecule has 1 aromatic carbocycles. The minimum absolute atomic E-state index is 0.0574. The van der Waals surface area contributed by atoms with Crippen molar-refractivity contribution in [2.24, 2.45) is 22.2 Å². The highest BCUT2D eigenvalue weighted by Crippen LogP contribution is 2.19. The van der Waals surface area contributed by atoms with E-state index in [0.29, 0.717) is 6.42 Å². The number of amides is 3. The molecule has 1 saturated heterocycles. The fourth-order valence-electron chi connectivity index (χ4n) is 4.15. The first-order valence-electron chi connectivity index (χ1n) is 12.2. The van der Waals surface area contributed by atoms with E-state index < -0.39 is 60.2 Å². The third kappa shape index (κ3) is 9.35. The number of carbonyl (C=O) groups excluding carboxylic acids is 3. The number of nitrogens with zero attached hydrogens (tertiary/aromatic N) is 2. The van der Waals surface area contributed by atoms with Crippen LogP contribution in [0.2, 0.25) is 0 Å². The first-order valence-corrected chi connectivity index (χ1v) is 12.2. The normalized spacial score (nSPS) is 17.1. The molecule has 14 heteroatoms. The van der Waals surface area contributed by atoms with Gasteiger partial charge >= 0.3 is 11.9 Å². The number of nitrogens with one attached hydrogen (secondary N) is 2. The molecule has 38 heavy (non-hydrogen) atoms. The Morgan fingerprint density at radius 2 is 1.68 bits per heavy atom. The van der Waals surface area contributed by atoms with E-state index in [-0.39, 0.29) is 44.7 Å². The molecule has 208 valence electrons. The summed E-state index contributed by atoms with van der Waals surface area (Å²) in [6, 6.07) is 4.22. The van der Waals surface area contributed by atoms with Gasteiger partial charge in [0.15, 0.2) is 5.96 Å². The Bertz CT molecular complexity index is 1030. The van der Waals surface area contributed by atoms with Crippen LogP contribution in [-0.2, 0) is 30.4 Å². The van der Waals surface area contributed by atoms with Gasteiger partial charge in [-0.25, -0.2) is 4.79 Å². The summed E-state index contributed by atoms with van der Waals surface area (Å²) in [6.07, 6.45) is 0.421. The average Bonchev–Trinajstić information content (AvgIpc) is 3.35. The summed E-state index contributed by atoms with van der Waals surface area (Å²) in [5, 5.41) is 23.7. The van der Waals surface area contributed by atoms with E-state index in [9.17, 15) is 34.2 Å². The van der Waals surface area contributed by atoms with Crippen LogP contribution in [0.1, 0.15) is 37.7 Å². The van der Waals surface area contributed by atoms with Crippen molar-refractivity contribution in [2.45, 2.75) is 62.7 Å². The quantitative estimate of drug-likeness (QED) is 0.0797. The zero-order chi connectivity index (χ0) is 28.2. The zero-order valence-corrected chi connectivity index (χ0v) is 20.9. The number of benzene rings is 1. The van der Waals surface area contributed by atoms with Crippen LogP contribution in [0.3, 0.4) is 0 Å². The van der Waals surface area contributed by atoms with Gasteiger partial charge in [-0.3, -0.25) is 24.2 Å². The minimum Gasteiger partial charge on any atom is -0.481 e. The minimum atomic E-state index is -1.53. The van der Waals surface area contributed by atoms with Crippen LogP contribution in [0.15, 0.2) is 35.3 Å². The topological polar surface area (TPSA) is 244 Å². The van der Waals surface area contributed by atoms with Gasteiger partial charge in [-0.2, -0.15) is 0 Å². The van der Waals surface area contributed by atoms with E-state index in [0.717, 1.165) is 10.5 Å². The van der Waals surface area contributed by atoms with Gasteiger partial charge < -0.3 is 42.9 Å². The van der Waals surface area contributed by atoms with Crippen LogP contribution in [0.25, 0.3) is 0 Å². The molecule has 14 nitrogen and oxygen atoms in total. The lowest BCUT2D eigenvalue weighted by atomic mass is 10.0. The molecule has 0 aliphatic carbocycles. The standard InChI is InChI=1S/C24H35N7O7/c25-15(12-14-6-2-1-3-7-14)20(34)29-16(8-4-10-28-24(26)27)21(35)30-17(13-19(32)33)22(36)31-11-5-9-18(31)23(37)38/h1-3,6-7,15-18H,4-5,8-13,25H2,(H,29,34)(H,30,35)(H,32,33)(H,37,38)(H4,26,27,28). The van der Waals surface area contributed by atoms with E-state index in [1.807, 2.05) is 6.07 Å². The van der Waals surface area contributed by atoms with Crippen molar-refractivity contribution in [1.29, 1.82) is 0 Å². The zero-order valence-electron chi connectivity index (χ0n) is 20.9. The van der Waals surface area contributed by atoms with Crippen molar-refractivity contribution >= 4 is 35.6 Å². The van der Waals surface area contributed by atoms with Gasteiger partial charge in [0.2, 0.25) is 17.7 Å². The third-order valence-electron chi connectivity index (χ3n) is 6.03. The Hall–Kier alpha value is -4.20. The lowest BCUT2D eigenvalue weighted by Gasteiger charge is -2.28. The number of rotatable bonds is 14. The summed E-state index contributed by atoms with van der Waals surface area (Å²) in [6.45, 7) is 0.276. The SMILES string of the molecule is NC(N)=NCCCC(NC(=O)C(N)Cc1ccccc1)C(=O)NC(CC(=O)O)C(=O)N1CCCC1C(=O)O. The number of hydrogen-bond donors (Lipinski definition) is 7. The summed E-state index contributed by atoms with van der Waals surface area (Å²) in [5.41, 5.74) is 17.5. The molecule has 4 unspecified atom stereocenters. The Kier molecular flexibility index (Phi) is 11.5. The fraction of sp³-hybridized carbons (Fsp3) is 0.500. The van der Waals surface area contributed by atoms with E-state index in [1.165, 1.54) is 0 Å². The molecule has 10 N–H and O–H groups in total. The van der Waals surface area contributed by atoms with Crippen LogP contribution in [0.5, 0.6) is 0 Å². The fourth-order valence-corrected chi connectivity index (χ4v) is 4.15. The second-order valence-corrected chi connectivity index (χ2v) is 8.99. The Morgan fingerprint density at radius 1 is 1.03 bits per heavy atom. The molecule has 1 aromatic rings. The van der Waals surface area contributed by atoms with Gasteiger partial charge in [0, 0.05) is 13.1 Å². The Labute approximate surface area is 219 Å². The molecule has 1 aliphatic rings. The average molecular weight is 534 g/mol. The maximum atomic E-state index is 13.2. The Morgan fingerprint density at radius 3 is 2.29 bits per heavy atom. The third-order valence-corrected chi connectivity index (χ3v) is 6.03. The molecule has 1 fully saturated rings. The highest BCUT2D eigenvalue weighted by atomic mass is 16.4. The summed E-state index contributed by atoms with van der Waals surface area (Å²) >= 11 is 0. The predicted octanol–water partition coefficient (Wildman–Crippen LogP) is -1.87. The molecule has 2 rings (SSSR count). The van der Waals surface area contributed by atoms with Crippen LogP contribution in [0, 0.1) is 0 Å². The van der Waals surface area contributed by atoms with Crippen molar-refractivity contribution in [3.8, 4) is 0 Å². The number of hydrogen-bond acceptors (Lipinski definition) is 7. The van der Waals surface area contributed by atoms with Gasteiger partial charge in [0.05, 0.1) is 12.5 Å². The molecule has 4 atom stereocenters. The summed E-state index contributed by atoms with van der Waals surface area (Å²) < 4.78 is 0. The molecule has 1 heterocycles. The van der Waals surface area contributed by atoms with Crippen LogP contribution in [0.4, 0.5) is 0 Å². The van der Waals surface area contributed by atoms with Crippen LogP contribution < -0.4 is 27.8 Å². The van der Waals surface area contributed by atoms with Gasteiger partial charge in [0.1, 0.15) is 18.1 Å². The number of likely N-dealkylation sites (tertiary alicyclic amines) is 1. The highest BCUT2D eigenvalue weighted by Gasteiger charge is 2.39. The van der Waals surface area contributed by atoms with Crippen molar-refractivity contribution < 1.29 is 34.2 Å². The van der Waals surface area contributed by atoms with E-state index in [2.05, 4.69) is 15.6 Å². The predicted molar refractivity (Wildman–Crippen MR) is 137 cm³/mol. The van der Waals surface area contributed by atoms with E-state index in [4.69, 9.17) is 17.2 Å². The second-order valence-electron chi connectivity index (χ2n) is 8.99. The molecule has 1 aliphatic heterocycles. The molecular weight excluding hydrogens is 498 g/mol.